The summed E-state index contributed by atoms with van der Waals surface area (Å²) in [4.78, 5) is 0. The van der Waals surface area contributed by atoms with Crippen molar-refractivity contribution < 1.29 is 18.3 Å². The van der Waals surface area contributed by atoms with Gasteiger partial charge in [0.05, 0.1) is 0 Å². The highest BCUT2D eigenvalue weighted by Crippen LogP contribution is 2.30. The third kappa shape index (κ3) is 2.26. The maximum Gasteiger partial charge on any atom is 0.292 e. The van der Waals surface area contributed by atoms with Crippen molar-refractivity contribution in [2.45, 2.75) is 12.0 Å². The van der Waals surface area contributed by atoms with E-state index in [1.54, 1.807) is 0 Å². The van der Waals surface area contributed by atoms with Gasteiger partial charge in [-0.2, -0.15) is 0 Å². The fourth-order valence-electron chi connectivity index (χ4n) is 0.802. The van der Waals surface area contributed by atoms with E-state index < -0.39 is 18.6 Å². The van der Waals surface area contributed by atoms with E-state index in [1.807, 2.05) is 0 Å². The lowest BCUT2D eigenvalue weighted by molar-refractivity contribution is -0.0756. The fourth-order valence-corrected chi connectivity index (χ4v) is 1.12. The van der Waals surface area contributed by atoms with Crippen molar-refractivity contribution in [1.82, 2.24) is 0 Å². The Morgan fingerprint density at radius 1 is 1.62 bits per heavy atom. The normalized spacial score (nSPS) is 14.5. The molecular formula is C7H8BrF2NO2. The molecule has 0 amide bonds. The molecule has 0 saturated heterocycles. The van der Waals surface area contributed by atoms with Crippen LogP contribution in [0.25, 0.3) is 0 Å². The molecule has 0 aliphatic heterocycles. The molecule has 0 spiro atoms. The summed E-state index contributed by atoms with van der Waals surface area (Å²) in [6.45, 7) is -1.30. The number of alkyl halides is 2. The lowest BCUT2D eigenvalue weighted by Gasteiger charge is -2.18. The van der Waals surface area contributed by atoms with Crippen molar-refractivity contribution in [2.24, 2.45) is 5.73 Å². The first-order valence-corrected chi connectivity index (χ1v) is 4.26. The Labute approximate surface area is 81.7 Å². The molecule has 1 heterocycles. The molecule has 1 aromatic heterocycles. The Kier molecular flexibility index (Phi) is 3.05. The summed E-state index contributed by atoms with van der Waals surface area (Å²) in [7, 11) is 0. The van der Waals surface area contributed by atoms with Crippen LogP contribution in [0.4, 0.5) is 8.78 Å². The van der Waals surface area contributed by atoms with Gasteiger partial charge in [-0.3, -0.25) is 0 Å². The van der Waals surface area contributed by atoms with Gasteiger partial charge in [0.25, 0.3) is 5.92 Å². The molecule has 6 heteroatoms. The first kappa shape index (κ1) is 10.6. The summed E-state index contributed by atoms with van der Waals surface area (Å²) in [6.07, 6.45) is 0. The lowest BCUT2D eigenvalue weighted by Crippen LogP contribution is -2.35. The smallest absolute Gasteiger partial charge is 0.292 e. The second kappa shape index (κ2) is 3.73. The van der Waals surface area contributed by atoms with Crippen molar-refractivity contribution in [3.8, 4) is 0 Å². The zero-order valence-electron chi connectivity index (χ0n) is 6.51. The Hall–Kier alpha value is -0.460. The molecule has 0 fully saturated rings. The monoisotopic (exact) mass is 255 g/mol. The largest absolute Gasteiger partial charge is 0.452 e. The average molecular weight is 256 g/mol. The number of aliphatic hydroxyl groups excluding tert-OH is 1. The molecule has 13 heavy (non-hydrogen) atoms. The van der Waals surface area contributed by atoms with Gasteiger partial charge in [0.2, 0.25) is 0 Å². The van der Waals surface area contributed by atoms with E-state index in [4.69, 9.17) is 15.3 Å². The van der Waals surface area contributed by atoms with Crippen molar-refractivity contribution in [1.29, 1.82) is 0 Å². The van der Waals surface area contributed by atoms with Crippen LogP contribution in [0.3, 0.4) is 0 Å². The third-order valence-electron chi connectivity index (χ3n) is 1.57. The highest BCUT2D eigenvalue weighted by Gasteiger charge is 2.39. The van der Waals surface area contributed by atoms with Crippen LogP contribution in [0.2, 0.25) is 0 Å². The number of rotatable bonds is 3. The number of furan rings is 1. The molecule has 0 aliphatic carbocycles. The van der Waals surface area contributed by atoms with E-state index in [1.165, 1.54) is 12.1 Å². The Morgan fingerprint density at radius 2 is 2.23 bits per heavy atom. The van der Waals surface area contributed by atoms with Gasteiger partial charge in [0.1, 0.15) is 18.4 Å². The minimum Gasteiger partial charge on any atom is -0.452 e. The number of nitrogens with two attached hydrogens (primary N) is 1. The van der Waals surface area contributed by atoms with E-state index in [0.717, 1.165) is 0 Å². The summed E-state index contributed by atoms with van der Waals surface area (Å²) in [5.41, 5.74) is 5.17. The van der Waals surface area contributed by atoms with E-state index in [-0.39, 0.29) is 5.76 Å². The highest BCUT2D eigenvalue weighted by atomic mass is 79.9. The maximum absolute atomic E-state index is 12.8. The van der Waals surface area contributed by atoms with Crippen LogP contribution in [0, 0.1) is 0 Å². The molecule has 1 rings (SSSR count). The average Bonchev–Trinajstić information content (AvgIpc) is 2.50. The van der Waals surface area contributed by atoms with Crippen LogP contribution in [0.1, 0.15) is 11.8 Å². The molecular weight excluding hydrogens is 248 g/mol. The van der Waals surface area contributed by atoms with Crippen LogP contribution in [0.5, 0.6) is 0 Å². The zero-order valence-corrected chi connectivity index (χ0v) is 8.09. The topological polar surface area (TPSA) is 59.4 Å². The molecule has 0 radical (unpaired) electrons. The molecule has 74 valence electrons. The van der Waals surface area contributed by atoms with E-state index in [9.17, 15) is 8.78 Å². The summed E-state index contributed by atoms with van der Waals surface area (Å²) in [5.74, 6) is -3.43. The Balaban J connectivity index is 2.84. The third-order valence-corrected chi connectivity index (χ3v) is 1.99. The quantitative estimate of drug-likeness (QED) is 0.864. The summed E-state index contributed by atoms with van der Waals surface area (Å²) in [6, 6.07) is 1.17. The van der Waals surface area contributed by atoms with Crippen molar-refractivity contribution in [2.75, 3.05) is 6.61 Å². The highest BCUT2D eigenvalue weighted by molar-refractivity contribution is 9.10. The number of hydrogen-bond donors (Lipinski definition) is 2. The van der Waals surface area contributed by atoms with E-state index >= 15 is 0 Å². The van der Waals surface area contributed by atoms with Crippen LogP contribution in [0.15, 0.2) is 21.2 Å². The summed E-state index contributed by atoms with van der Waals surface area (Å²) < 4.78 is 30.7. The van der Waals surface area contributed by atoms with Crippen molar-refractivity contribution in [3.63, 3.8) is 0 Å². The molecule has 3 nitrogen and oxygen atoms in total. The molecule has 1 atom stereocenters. The van der Waals surface area contributed by atoms with Crippen LogP contribution >= 0.6 is 15.9 Å². The van der Waals surface area contributed by atoms with E-state index in [2.05, 4.69) is 15.9 Å². The molecule has 0 saturated carbocycles. The van der Waals surface area contributed by atoms with E-state index in [0.29, 0.717) is 4.67 Å². The number of halogens is 3. The zero-order chi connectivity index (χ0) is 10.1. The van der Waals surface area contributed by atoms with Gasteiger partial charge < -0.3 is 15.3 Å². The summed E-state index contributed by atoms with van der Waals surface area (Å²) in [5, 5.41) is 8.35. The minimum atomic E-state index is -3.36. The predicted molar refractivity (Wildman–Crippen MR) is 45.4 cm³/mol. The number of hydrogen-bond acceptors (Lipinski definition) is 3. The minimum absolute atomic E-state index is 0.0640. The van der Waals surface area contributed by atoms with Gasteiger partial charge in [0.15, 0.2) is 4.67 Å². The SMILES string of the molecule is NC(c1ccc(Br)o1)C(F)(F)CO. The lowest BCUT2D eigenvalue weighted by atomic mass is 10.1. The van der Waals surface area contributed by atoms with Gasteiger partial charge in [-0.05, 0) is 28.1 Å². The summed E-state index contributed by atoms with van der Waals surface area (Å²) >= 11 is 2.96. The van der Waals surface area contributed by atoms with Crippen LogP contribution < -0.4 is 5.73 Å². The first-order chi connectivity index (χ1) is 5.97. The van der Waals surface area contributed by atoms with Gasteiger partial charge in [0, 0.05) is 0 Å². The molecule has 0 aliphatic rings. The van der Waals surface area contributed by atoms with Crippen molar-refractivity contribution >= 4 is 15.9 Å². The molecule has 3 N–H and O–H groups in total. The van der Waals surface area contributed by atoms with Crippen LogP contribution in [-0.2, 0) is 0 Å². The molecule has 0 aromatic carbocycles. The second-order valence-electron chi connectivity index (χ2n) is 2.54. The fraction of sp³-hybridized carbons (Fsp3) is 0.429. The van der Waals surface area contributed by atoms with Crippen LogP contribution in [-0.4, -0.2) is 17.6 Å². The number of aliphatic hydroxyl groups is 1. The second-order valence-corrected chi connectivity index (χ2v) is 3.32. The molecule has 0 bridgehead atoms. The molecule has 1 unspecified atom stereocenters. The predicted octanol–water partition coefficient (Wildman–Crippen LogP) is 1.67. The van der Waals surface area contributed by atoms with Crippen molar-refractivity contribution in [3.05, 3.63) is 22.6 Å². The van der Waals surface area contributed by atoms with Gasteiger partial charge >= 0.3 is 0 Å². The van der Waals surface area contributed by atoms with Gasteiger partial charge in [-0.25, -0.2) is 8.78 Å². The van der Waals surface area contributed by atoms with Gasteiger partial charge in [-0.15, -0.1) is 0 Å². The Morgan fingerprint density at radius 3 is 2.62 bits per heavy atom. The Bertz CT molecular complexity index is 290. The van der Waals surface area contributed by atoms with Gasteiger partial charge in [-0.1, -0.05) is 0 Å². The standard InChI is InChI=1S/C7H8BrF2NO2/c8-5-2-1-4(13-5)6(11)7(9,10)3-12/h1-2,6,12H,3,11H2. The maximum atomic E-state index is 12.8. The molecule has 1 aromatic rings. The first-order valence-electron chi connectivity index (χ1n) is 3.47.